The Labute approximate surface area is 110 Å². The number of alkyl halides is 2. The standard InChI is InChI=1S/C13H16F2N2O2/c1-12(2)8-17(6-5-16-12)9-3-4-10-11(7-9)19-13(14,15)18-10/h3-4,7,16H,5-6,8H2,1-2H3. The van der Waals surface area contributed by atoms with E-state index in [1.165, 1.54) is 6.07 Å². The van der Waals surface area contributed by atoms with E-state index in [-0.39, 0.29) is 17.0 Å². The third-order valence-electron chi connectivity index (χ3n) is 3.32. The van der Waals surface area contributed by atoms with Gasteiger partial charge in [0.25, 0.3) is 0 Å². The van der Waals surface area contributed by atoms with Crippen LogP contribution in [0.1, 0.15) is 13.8 Å². The molecule has 0 radical (unpaired) electrons. The lowest BCUT2D eigenvalue weighted by Crippen LogP contribution is -2.57. The summed E-state index contributed by atoms with van der Waals surface area (Å²) >= 11 is 0. The van der Waals surface area contributed by atoms with Gasteiger partial charge >= 0.3 is 6.29 Å². The Hall–Kier alpha value is -1.56. The van der Waals surface area contributed by atoms with Crippen LogP contribution in [0.4, 0.5) is 14.5 Å². The number of nitrogens with one attached hydrogen (secondary N) is 1. The van der Waals surface area contributed by atoms with Crippen molar-refractivity contribution in [2.45, 2.75) is 25.7 Å². The smallest absolute Gasteiger partial charge is 0.395 e. The Balaban J connectivity index is 1.84. The van der Waals surface area contributed by atoms with Gasteiger partial charge in [0.15, 0.2) is 11.5 Å². The van der Waals surface area contributed by atoms with Gasteiger partial charge in [-0.05, 0) is 26.0 Å². The molecule has 0 aromatic heterocycles. The molecule has 4 nitrogen and oxygen atoms in total. The Morgan fingerprint density at radius 1 is 1.21 bits per heavy atom. The molecule has 2 aliphatic rings. The van der Waals surface area contributed by atoms with Crippen LogP contribution in [0.15, 0.2) is 18.2 Å². The van der Waals surface area contributed by atoms with Crippen molar-refractivity contribution in [1.82, 2.24) is 5.32 Å². The molecule has 2 aliphatic heterocycles. The van der Waals surface area contributed by atoms with Crippen LogP contribution in [-0.2, 0) is 0 Å². The zero-order valence-corrected chi connectivity index (χ0v) is 10.9. The van der Waals surface area contributed by atoms with E-state index in [0.29, 0.717) is 0 Å². The van der Waals surface area contributed by atoms with E-state index in [0.717, 1.165) is 25.3 Å². The monoisotopic (exact) mass is 270 g/mol. The molecule has 0 bridgehead atoms. The van der Waals surface area contributed by atoms with Crippen molar-refractivity contribution in [3.8, 4) is 11.5 Å². The van der Waals surface area contributed by atoms with Crippen LogP contribution in [-0.4, -0.2) is 31.5 Å². The molecule has 0 amide bonds. The summed E-state index contributed by atoms with van der Waals surface area (Å²) in [7, 11) is 0. The van der Waals surface area contributed by atoms with Gasteiger partial charge in [-0.3, -0.25) is 0 Å². The molecule has 0 unspecified atom stereocenters. The molecule has 1 fully saturated rings. The maximum atomic E-state index is 13.0. The Morgan fingerprint density at radius 2 is 1.95 bits per heavy atom. The molecular weight excluding hydrogens is 254 g/mol. The van der Waals surface area contributed by atoms with Crippen molar-refractivity contribution in [2.24, 2.45) is 0 Å². The van der Waals surface area contributed by atoms with Crippen LogP contribution in [0.2, 0.25) is 0 Å². The van der Waals surface area contributed by atoms with Gasteiger partial charge in [-0.25, -0.2) is 0 Å². The van der Waals surface area contributed by atoms with Crippen molar-refractivity contribution in [3.05, 3.63) is 18.2 Å². The molecular formula is C13H16F2N2O2. The van der Waals surface area contributed by atoms with Gasteiger partial charge in [-0.2, -0.15) is 0 Å². The summed E-state index contributed by atoms with van der Waals surface area (Å²) in [6.07, 6.45) is -3.55. The number of halogens is 2. The van der Waals surface area contributed by atoms with E-state index in [9.17, 15) is 8.78 Å². The fourth-order valence-electron chi connectivity index (χ4n) is 2.50. The highest BCUT2D eigenvalue weighted by Crippen LogP contribution is 2.43. The van der Waals surface area contributed by atoms with Gasteiger partial charge < -0.3 is 19.7 Å². The van der Waals surface area contributed by atoms with E-state index in [4.69, 9.17) is 0 Å². The maximum absolute atomic E-state index is 13.0. The molecule has 2 heterocycles. The number of hydrogen-bond acceptors (Lipinski definition) is 4. The number of benzene rings is 1. The Morgan fingerprint density at radius 3 is 2.68 bits per heavy atom. The highest BCUT2D eigenvalue weighted by Gasteiger charge is 2.43. The van der Waals surface area contributed by atoms with Gasteiger partial charge in [0, 0.05) is 36.9 Å². The summed E-state index contributed by atoms with van der Waals surface area (Å²) in [5.74, 6) is 0.182. The molecule has 6 heteroatoms. The third kappa shape index (κ3) is 2.45. The zero-order valence-electron chi connectivity index (χ0n) is 10.9. The van der Waals surface area contributed by atoms with Crippen molar-refractivity contribution in [1.29, 1.82) is 0 Å². The SMILES string of the molecule is CC1(C)CN(c2ccc3c(c2)OC(F)(F)O3)CCN1. The summed E-state index contributed by atoms with van der Waals surface area (Å²) in [4.78, 5) is 2.15. The summed E-state index contributed by atoms with van der Waals surface area (Å²) < 4.78 is 34.8. The third-order valence-corrected chi connectivity index (χ3v) is 3.32. The fraction of sp³-hybridized carbons (Fsp3) is 0.538. The van der Waals surface area contributed by atoms with E-state index in [1.807, 2.05) is 0 Å². The quantitative estimate of drug-likeness (QED) is 0.848. The van der Waals surface area contributed by atoms with Crippen LogP contribution >= 0.6 is 0 Å². The highest BCUT2D eigenvalue weighted by atomic mass is 19.3. The van der Waals surface area contributed by atoms with E-state index < -0.39 is 6.29 Å². The minimum absolute atomic E-state index is 0.00143. The fourth-order valence-corrected chi connectivity index (χ4v) is 2.50. The number of rotatable bonds is 1. The molecule has 0 aliphatic carbocycles. The average Bonchev–Trinajstić information content (AvgIpc) is 2.60. The second-order valence-electron chi connectivity index (χ2n) is 5.53. The average molecular weight is 270 g/mol. The Kier molecular flexibility index (Phi) is 2.60. The topological polar surface area (TPSA) is 33.7 Å². The van der Waals surface area contributed by atoms with Gasteiger partial charge in [0.05, 0.1) is 0 Å². The van der Waals surface area contributed by atoms with E-state index in [1.54, 1.807) is 12.1 Å². The normalized spacial score (nSPS) is 23.5. The second kappa shape index (κ2) is 3.96. The maximum Gasteiger partial charge on any atom is 0.586 e. The van der Waals surface area contributed by atoms with Crippen LogP contribution in [0.3, 0.4) is 0 Å². The van der Waals surface area contributed by atoms with Crippen molar-refractivity contribution in [3.63, 3.8) is 0 Å². The molecule has 1 saturated heterocycles. The van der Waals surface area contributed by atoms with Gasteiger partial charge in [-0.15, -0.1) is 8.78 Å². The van der Waals surface area contributed by atoms with E-state index in [2.05, 4.69) is 33.5 Å². The minimum Gasteiger partial charge on any atom is -0.395 e. The van der Waals surface area contributed by atoms with Gasteiger partial charge in [0.1, 0.15) is 0 Å². The second-order valence-corrected chi connectivity index (χ2v) is 5.53. The first-order valence-corrected chi connectivity index (χ1v) is 6.25. The van der Waals surface area contributed by atoms with Gasteiger partial charge in [0.2, 0.25) is 0 Å². The van der Waals surface area contributed by atoms with Crippen molar-refractivity contribution >= 4 is 5.69 Å². The molecule has 0 spiro atoms. The van der Waals surface area contributed by atoms with Crippen molar-refractivity contribution in [2.75, 3.05) is 24.5 Å². The molecule has 104 valence electrons. The number of hydrogen-bond donors (Lipinski definition) is 1. The van der Waals surface area contributed by atoms with E-state index >= 15 is 0 Å². The first-order valence-electron chi connectivity index (χ1n) is 6.25. The number of ether oxygens (including phenoxy) is 2. The van der Waals surface area contributed by atoms with Crippen LogP contribution in [0.25, 0.3) is 0 Å². The predicted molar refractivity (Wildman–Crippen MR) is 66.9 cm³/mol. The molecule has 19 heavy (non-hydrogen) atoms. The zero-order chi connectivity index (χ0) is 13.7. The Bertz CT molecular complexity index is 505. The largest absolute Gasteiger partial charge is 0.586 e. The lowest BCUT2D eigenvalue weighted by atomic mass is 10.0. The molecule has 1 aromatic carbocycles. The molecule has 0 atom stereocenters. The summed E-state index contributed by atoms with van der Waals surface area (Å²) in [5.41, 5.74) is 0.869. The lowest BCUT2D eigenvalue weighted by molar-refractivity contribution is -0.286. The first-order chi connectivity index (χ1) is 8.85. The number of nitrogens with zero attached hydrogens (tertiary/aromatic N) is 1. The first kappa shape index (κ1) is 12.5. The predicted octanol–water partition coefficient (Wildman–Crippen LogP) is 2.20. The lowest BCUT2D eigenvalue weighted by Gasteiger charge is -2.40. The van der Waals surface area contributed by atoms with Crippen LogP contribution in [0.5, 0.6) is 11.5 Å². The van der Waals surface area contributed by atoms with Crippen LogP contribution in [0, 0.1) is 0 Å². The summed E-state index contributed by atoms with van der Waals surface area (Å²) in [5, 5.41) is 3.41. The van der Waals surface area contributed by atoms with Crippen LogP contribution < -0.4 is 19.7 Å². The number of anilines is 1. The van der Waals surface area contributed by atoms with Gasteiger partial charge in [-0.1, -0.05) is 0 Å². The molecule has 1 aromatic rings. The molecule has 0 saturated carbocycles. The number of piperazine rings is 1. The molecule has 3 rings (SSSR count). The summed E-state index contributed by atoms with van der Waals surface area (Å²) in [6, 6.07) is 4.92. The minimum atomic E-state index is -3.55. The number of fused-ring (bicyclic) bond motifs is 1. The van der Waals surface area contributed by atoms with Crippen molar-refractivity contribution < 1.29 is 18.3 Å². The summed E-state index contributed by atoms with van der Waals surface area (Å²) in [6.45, 7) is 6.72. The molecule has 1 N–H and O–H groups in total. The highest BCUT2D eigenvalue weighted by molar-refractivity contribution is 5.58.